The first-order chi connectivity index (χ1) is 34.4. The molecule has 2 nitrogen and oxygen atoms in total. The van der Waals surface area contributed by atoms with Gasteiger partial charge in [-0.05, 0) is 190 Å². The second kappa shape index (κ2) is 15.2. The summed E-state index contributed by atoms with van der Waals surface area (Å²) in [6.07, 6.45) is 4.69. The molecule has 3 heteroatoms. The number of nitrogens with zero attached hydrogens (tertiary/aromatic N) is 2. The lowest BCUT2D eigenvalue weighted by atomic mass is 9.44. The third kappa shape index (κ3) is 6.89. The smallest absolute Gasteiger partial charge is 0.333 e. The maximum absolute atomic E-state index is 2.80. The monoisotopic (exact) mass is 953 g/mol. The van der Waals surface area contributed by atoms with Crippen molar-refractivity contribution in [3.05, 3.63) is 173 Å². The molecule has 0 saturated carbocycles. The van der Waals surface area contributed by atoms with Crippen LogP contribution in [0.3, 0.4) is 0 Å². The van der Waals surface area contributed by atoms with Gasteiger partial charge in [-0.2, -0.15) is 0 Å². The van der Waals surface area contributed by atoms with E-state index in [0.29, 0.717) is 0 Å². The highest BCUT2D eigenvalue weighted by molar-refractivity contribution is 6.90. The Hall–Kier alpha value is -6.32. The highest BCUT2D eigenvalue weighted by atomic mass is 15.2. The summed E-state index contributed by atoms with van der Waals surface area (Å²) in [5.41, 5.74) is 26.0. The highest BCUT2D eigenvalue weighted by Crippen LogP contribution is 2.54. The van der Waals surface area contributed by atoms with E-state index in [1.54, 1.807) is 0 Å². The van der Waals surface area contributed by atoms with Crippen molar-refractivity contribution in [3.8, 4) is 33.4 Å². The van der Waals surface area contributed by atoms with Crippen LogP contribution in [0.15, 0.2) is 140 Å². The minimum Gasteiger partial charge on any atom is -0.375 e. The lowest BCUT2D eigenvalue weighted by molar-refractivity contribution is 0.332. The zero-order valence-corrected chi connectivity index (χ0v) is 46.1. The Labute approximate surface area is 436 Å². The predicted molar refractivity (Wildman–Crippen MR) is 316 cm³/mol. The van der Waals surface area contributed by atoms with Gasteiger partial charge in [0.15, 0.2) is 0 Å². The molecule has 0 unspecified atom stereocenters. The molecule has 0 spiro atoms. The van der Waals surface area contributed by atoms with Crippen LogP contribution in [0.25, 0.3) is 66.0 Å². The molecule has 73 heavy (non-hydrogen) atoms. The zero-order chi connectivity index (χ0) is 51.1. The first-order valence-electron chi connectivity index (χ1n) is 27.5. The maximum Gasteiger partial charge on any atom is 0.333 e. The third-order valence-electron chi connectivity index (χ3n) is 18.8. The molecule has 3 heterocycles. The lowest BCUT2D eigenvalue weighted by Gasteiger charge is -2.47. The molecule has 13 rings (SSSR count). The van der Waals surface area contributed by atoms with Crippen LogP contribution in [-0.4, -0.2) is 11.3 Å². The predicted octanol–water partition coefficient (Wildman–Crippen LogP) is 18.0. The molecule has 2 aliphatic heterocycles. The van der Waals surface area contributed by atoms with Crippen LogP contribution in [-0.2, 0) is 32.5 Å². The average Bonchev–Trinajstić information content (AvgIpc) is 3.70. The van der Waals surface area contributed by atoms with E-state index in [0.717, 1.165) is 6.42 Å². The van der Waals surface area contributed by atoms with E-state index in [9.17, 15) is 0 Å². The van der Waals surface area contributed by atoms with E-state index >= 15 is 0 Å². The van der Waals surface area contributed by atoms with Gasteiger partial charge in [0, 0.05) is 44.4 Å². The molecule has 0 fully saturated rings. The minimum atomic E-state index is -0.0571. The summed E-state index contributed by atoms with van der Waals surface area (Å²) >= 11 is 0. The van der Waals surface area contributed by atoms with E-state index in [1.807, 2.05) is 0 Å². The van der Waals surface area contributed by atoms with Gasteiger partial charge in [0.05, 0.1) is 0 Å². The van der Waals surface area contributed by atoms with Gasteiger partial charge in [0.1, 0.15) is 0 Å². The SMILES string of the molecule is CC(C)(C)c1ccc(-c2cc3c4c(c2)N(c2ccc5c(c2)C(C)(C)CCC5(C)C)c2cc5c(cc2B4n2c4ccc6ccccc6c4c4cc(-c6ccc(C(C)(C)C)cc6)cc-3c42)C(C)(C)CCC5(C)C)cc1. The van der Waals surface area contributed by atoms with Gasteiger partial charge in [-0.15, -0.1) is 0 Å². The summed E-state index contributed by atoms with van der Waals surface area (Å²) in [5, 5.41) is 5.26. The summed E-state index contributed by atoms with van der Waals surface area (Å²) in [5.74, 6) is 0. The van der Waals surface area contributed by atoms with Crippen molar-refractivity contribution in [2.24, 2.45) is 0 Å². The van der Waals surface area contributed by atoms with Crippen molar-refractivity contribution < 1.29 is 0 Å². The fraction of sp³-hybridized carbons (Fsp3) is 0.343. The normalized spacial score (nSPS) is 17.9. The van der Waals surface area contributed by atoms with Crippen LogP contribution in [0.2, 0.25) is 0 Å². The summed E-state index contributed by atoms with van der Waals surface area (Å²) < 4.78 is 2.80. The van der Waals surface area contributed by atoms with Crippen molar-refractivity contribution in [2.75, 3.05) is 4.90 Å². The van der Waals surface area contributed by atoms with Crippen LogP contribution < -0.4 is 15.8 Å². The number of anilines is 3. The molecular weight excluding hydrogens is 880 g/mol. The van der Waals surface area contributed by atoms with Crippen molar-refractivity contribution in [3.63, 3.8) is 0 Å². The lowest BCUT2D eigenvalue weighted by Crippen LogP contribution is -2.57. The molecule has 0 bridgehead atoms. The molecule has 0 N–H and O–H groups in total. The Kier molecular flexibility index (Phi) is 9.64. The van der Waals surface area contributed by atoms with Crippen LogP contribution in [0.1, 0.15) is 156 Å². The van der Waals surface area contributed by atoms with E-state index in [-0.39, 0.29) is 39.3 Å². The van der Waals surface area contributed by atoms with Gasteiger partial charge >= 0.3 is 6.85 Å². The molecule has 0 radical (unpaired) electrons. The molecular formula is C70H73BN2. The van der Waals surface area contributed by atoms with E-state index in [1.165, 1.54) is 147 Å². The van der Waals surface area contributed by atoms with Crippen molar-refractivity contribution in [2.45, 2.75) is 155 Å². The van der Waals surface area contributed by atoms with E-state index < -0.39 is 0 Å². The van der Waals surface area contributed by atoms with E-state index in [4.69, 9.17) is 0 Å². The average molecular weight is 953 g/mol. The third-order valence-corrected chi connectivity index (χ3v) is 18.8. The molecule has 8 aromatic carbocycles. The van der Waals surface area contributed by atoms with Gasteiger partial charge in [0.2, 0.25) is 0 Å². The summed E-state index contributed by atoms with van der Waals surface area (Å²) in [7, 11) is 0. The van der Waals surface area contributed by atoms with Gasteiger partial charge in [-0.1, -0.05) is 188 Å². The van der Waals surface area contributed by atoms with Crippen molar-refractivity contribution in [1.29, 1.82) is 0 Å². The Morgan fingerprint density at radius 3 is 1.58 bits per heavy atom. The molecule has 0 amide bonds. The molecule has 4 aliphatic rings. The summed E-state index contributed by atoms with van der Waals surface area (Å²) in [4.78, 5) is 2.73. The Morgan fingerprint density at radius 2 is 0.973 bits per heavy atom. The standard InChI is InChI=1S/C70H73BN2/c1-65(2,3)47-24-19-42(20-25-47)45-36-52-51-35-46(43-21-26-48(27-22-43)66(4,5)6)38-61-63(51)71(73-59-30-23-44-17-15-16-18-50(44)62(59)53(37-45)64(52)73)58-40-56-57(70(13,14)34-33-69(56,11)12)41-60(58)72(61)49-28-29-54-55(39-49)68(9,10)32-31-67(54,7)8/h15-30,35-41H,31-34H2,1-14H3. The van der Waals surface area contributed by atoms with Crippen LogP contribution >= 0.6 is 0 Å². The zero-order valence-electron chi connectivity index (χ0n) is 46.1. The number of rotatable bonds is 3. The first-order valence-corrected chi connectivity index (χ1v) is 27.5. The Bertz CT molecular complexity index is 3800. The van der Waals surface area contributed by atoms with Crippen LogP contribution in [0, 0.1) is 0 Å². The fourth-order valence-corrected chi connectivity index (χ4v) is 14.0. The number of hydrogen-bond acceptors (Lipinski definition) is 1. The van der Waals surface area contributed by atoms with Gasteiger partial charge in [-0.25, -0.2) is 0 Å². The van der Waals surface area contributed by atoms with Crippen molar-refractivity contribution in [1.82, 2.24) is 4.48 Å². The Morgan fingerprint density at radius 1 is 0.438 bits per heavy atom. The summed E-state index contributed by atoms with van der Waals surface area (Å²) in [6.45, 7) is 33.7. The van der Waals surface area contributed by atoms with Crippen LogP contribution in [0.4, 0.5) is 17.1 Å². The minimum absolute atomic E-state index is 0.0302. The second-order valence-corrected chi connectivity index (χ2v) is 27.5. The summed E-state index contributed by atoms with van der Waals surface area (Å²) in [6, 6.07) is 56.0. The van der Waals surface area contributed by atoms with E-state index in [2.05, 4.69) is 246 Å². The largest absolute Gasteiger partial charge is 0.375 e. The number of benzene rings is 8. The number of hydrogen-bond donors (Lipinski definition) is 0. The maximum atomic E-state index is 2.80. The van der Waals surface area contributed by atoms with Gasteiger partial charge < -0.3 is 9.38 Å². The molecule has 0 saturated heterocycles. The highest BCUT2D eigenvalue weighted by Gasteiger charge is 2.47. The van der Waals surface area contributed by atoms with Gasteiger partial charge in [0.25, 0.3) is 0 Å². The topological polar surface area (TPSA) is 8.17 Å². The molecule has 9 aromatic rings. The number of aromatic nitrogens is 1. The first kappa shape index (κ1) is 46.5. The second-order valence-electron chi connectivity index (χ2n) is 27.5. The Balaban J connectivity index is 1.20. The van der Waals surface area contributed by atoms with Crippen LogP contribution in [0.5, 0.6) is 0 Å². The molecule has 1 aromatic heterocycles. The molecule has 366 valence electrons. The quantitative estimate of drug-likeness (QED) is 0.160. The molecule has 2 aliphatic carbocycles. The molecule has 0 atom stereocenters. The van der Waals surface area contributed by atoms with Crippen molar-refractivity contribution >= 4 is 67.4 Å². The van der Waals surface area contributed by atoms with Gasteiger partial charge in [-0.3, -0.25) is 0 Å². The fourth-order valence-electron chi connectivity index (χ4n) is 14.0. The number of fused-ring (bicyclic) bond motifs is 11.